The lowest BCUT2D eigenvalue weighted by atomic mass is 10.5. The summed E-state index contributed by atoms with van der Waals surface area (Å²) in [6, 6.07) is 1.97. The largest absolute Gasteiger partial charge is 0.355 e. The fourth-order valence-electron chi connectivity index (χ4n) is 1.57. The van der Waals surface area contributed by atoms with Crippen molar-refractivity contribution in [1.82, 2.24) is 19.3 Å². The highest BCUT2D eigenvalue weighted by Crippen LogP contribution is 2.14. The summed E-state index contributed by atoms with van der Waals surface area (Å²) >= 11 is 0. The van der Waals surface area contributed by atoms with Crippen molar-refractivity contribution in [1.29, 1.82) is 0 Å². The van der Waals surface area contributed by atoms with Crippen LogP contribution in [0.1, 0.15) is 19.0 Å². The van der Waals surface area contributed by atoms with E-state index in [1.54, 1.807) is 4.68 Å². The molecule has 0 aromatic carbocycles. The van der Waals surface area contributed by atoms with E-state index in [4.69, 9.17) is 0 Å². The Bertz CT molecular complexity index is 468. The zero-order valence-corrected chi connectivity index (χ0v) is 9.94. The zero-order chi connectivity index (χ0) is 11.5. The monoisotopic (exact) mass is 219 g/mol. The molecule has 0 amide bonds. The number of hydrogen-bond donors (Lipinski definition) is 1. The molecule has 0 saturated heterocycles. The van der Waals surface area contributed by atoms with Crippen LogP contribution < -0.4 is 5.32 Å². The molecule has 2 aromatic heterocycles. The lowest BCUT2D eigenvalue weighted by Crippen LogP contribution is -2.07. The Morgan fingerprint density at radius 2 is 2.25 bits per heavy atom. The zero-order valence-electron chi connectivity index (χ0n) is 9.94. The molecule has 0 aliphatic heterocycles. The summed E-state index contributed by atoms with van der Waals surface area (Å²) < 4.78 is 3.76. The number of aryl methyl sites for hydroxylation is 2. The first-order chi connectivity index (χ1) is 7.70. The van der Waals surface area contributed by atoms with Crippen LogP contribution in [0, 0.1) is 6.92 Å². The number of nitrogens with zero attached hydrogens (tertiary/aromatic N) is 4. The Kier molecular flexibility index (Phi) is 2.94. The van der Waals surface area contributed by atoms with Crippen LogP contribution in [-0.4, -0.2) is 25.9 Å². The first kappa shape index (κ1) is 10.7. The van der Waals surface area contributed by atoms with Gasteiger partial charge < -0.3 is 5.32 Å². The van der Waals surface area contributed by atoms with E-state index in [0.29, 0.717) is 0 Å². The van der Waals surface area contributed by atoms with Gasteiger partial charge in [-0.05, 0) is 13.3 Å². The molecule has 5 heteroatoms. The maximum absolute atomic E-state index is 4.44. The highest BCUT2D eigenvalue weighted by molar-refractivity contribution is 5.38. The first-order valence-corrected chi connectivity index (χ1v) is 5.50. The van der Waals surface area contributed by atoms with Gasteiger partial charge in [-0.3, -0.25) is 9.25 Å². The molecule has 86 valence electrons. The van der Waals surface area contributed by atoms with Gasteiger partial charge in [0.1, 0.15) is 0 Å². The van der Waals surface area contributed by atoms with E-state index in [2.05, 4.69) is 22.3 Å². The Labute approximate surface area is 95.1 Å². The highest BCUT2D eigenvalue weighted by atomic mass is 15.3. The molecule has 0 aliphatic carbocycles. The molecule has 2 aromatic rings. The van der Waals surface area contributed by atoms with Crippen LogP contribution in [0.2, 0.25) is 0 Å². The van der Waals surface area contributed by atoms with Crippen LogP contribution >= 0.6 is 0 Å². The van der Waals surface area contributed by atoms with Gasteiger partial charge in [0.05, 0.1) is 5.69 Å². The molecule has 2 heterocycles. The maximum atomic E-state index is 4.44. The molecule has 0 fully saturated rings. The quantitative estimate of drug-likeness (QED) is 0.852. The average molecular weight is 219 g/mol. The predicted octanol–water partition coefficient (Wildman–Crippen LogP) is 1.74. The second-order valence-electron chi connectivity index (χ2n) is 3.85. The summed E-state index contributed by atoms with van der Waals surface area (Å²) in [5.41, 5.74) is 0.990. The van der Waals surface area contributed by atoms with Crippen molar-refractivity contribution in [3.05, 3.63) is 24.2 Å². The molecule has 2 rings (SSSR count). The third kappa shape index (κ3) is 2.08. The number of anilines is 1. The fraction of sp³-hybridized carbons (Fsp3) is 0.455. The van der Waals surface area contributed by atoms with E-state index in [0.717, 1.165) is 30.4 Å². The van der Waals surface area contributed by atoms with Crippen LogP contribution in [0.5, 0.6) is 0 Å². The Morgan fingerprint density at radius 1 is 1.44 bits per heavy atom. The number of nitrogens with one attached hydrogen (secondary N) is 1. The molecule has 0 unspecified atom stereocenters. The van der Waals surface area contributed by atoms with Crippen molar-refractivity contribution >= 4 is 5.95 Å². The summed E-state index contributed by atoms with van der Waals surface area (Å²) in [6.45, 7) is 5.04. The van der Waals surface area contributed by atoms with Crippen LogP contribution in [-0.2, 0) is 7.05 Å². The van der Waals surface area contributed by atoms with Gasteiger partial charge in [-0.25, -0.2) is 4.98 Å². The molecular formula is C11H17N5. The Hall–Kier alpha value is -1.78. The van der Waals surface area contributed by atoms with Gasteiger partial charge in [0.15, 0.2) is 5.82 Å². The van der Waals surface area contributed by atoms with Crippen molar-refractivity contribution in [2.24, 2.45) is 7.05 Å². The van der Waals surface area contributed by atoms with Crippen LogP contribution in [0.15, 0.2) is 18.5 Å². The number of aromatic nitrogens is 4. The number of hydrogen-bond acceptors (Lipinski definition) is 3. The molecule has 5 nitrogen and oxygen atoms in total. The number of imidazole rings is 1. The third-order valence-corrected chi connectivity index (χ3v) is 2.31. The van der Waals surface area contributed by atoms with E-state index >= 15 is 0 Å². The molecule has 1 N–H and O–H groups in total. The summed E-state index contributed by atoms with van der Waals surface area (Å²) in [7, 11) is 1.91. The molecule has 0 bridgehead atoms. The second-order valence-corrected chi connectivity index (χ2v) is 3.85. The lowest BCUT2D eigenvalue weighted by Gasteiger charge is -2.05. The van der Waals surface area contributed by atoms with Crippen molar-refractivity contribution in [3.8, 4) is 5.82 Å². The topological polar surface area (TPSA) is 47.7 Å². The predicted molar refractivity (Wildman–Crippen MR) is 63.8 cm³/mol. The first-order valence-electron chi connectivity index (χ1n) is 5.50. The standard InChI is InChI=1S/C11H17N5/c1-4-6-12-11-13-9(2)8-16(11)10-5-7-15(3)14-10/h5,7-8H,4,6H2,1-3H3,(H,12,13). The molecule has 0 radical (unpaired) electrons. The van der Waals surface area contributed by atoms with Crippen molar-refractivity contribution < 1.29 is 0 Å². The van der Waals surface area contributed by atoms with Gasteiger partial charge in [0.25, 0.3) is 0 Å². The maximum Gasteiger partial charge on any atom is 0.208 e. The molecular weight excluding hydrogens is 202 g/mol. The highest BCUT2D eigenvalue weighted by Gasteiger charge is 2.08. The van der Waals surface area contributed by atoms with Gasteiger partial charge in [-0.1, -0.05) is 6.92 Å². The van der Waals surface area contributed by atoms with Gasteiger partial charge >= 0.3 is 0 Å². The molecule has 0 atom stereocenters. The minimum Gasteiger partial charge on any atom is -0.355 e. The van der Waals surface area contributed by atoms with E-state index in [9.17, 15) is 0 Å². The molecule has 16 heavy (non-hydrogen) atoms. The average Bonchev–Trinajstić information content (AvgIpc) is 2.81. The Morgan fingerprint density at radius 3 is 2.88 bits per heavy atom. The van der Waals surface area contributed by atoms with Crippen molar-refractivity contribution in [3.63, 3.8) is 0 Å². The van der Waals surface area contributed by atoms with E-state index in [-0.39, 0.29) is 0 Å². The van der Waals surface area contributed by atoms with Gasteiger partial charge in [-0.15, -0.1) is 0 Å². The fourth-order valence-corrected chi connectivity index (χ4v) is 1.57. The van der Waals surface area contributed by atoms with Crippen LogP contribution in [0.25, 0.3) is 5.82 Å². The van der Waals surface area contributed by atoms with Crippen molar-refractivity contribution in [2.45, 2.75) is 20.3 Å². The number of rotatable bonds is 4. The third-order valence-electron chi connectivity index (χ3n) is 2.31. The molecule has 0 aliphatic rings. The van der Waals surface area contributed by atoms with Crippen LogP contribution in [0.3, 0.4) is 0 Å². The summed E-state index contributed by atoms with van der Waals surface area (Å²) in [4.78, 5) is 4.44. The SMILES string of the molecule is CCCNc1nc(C)cn1-c1ccn(C)n1. The van der Waals surface area contributed by atoms with Crippen molar-refractivity contribution in [2.75, 3.05) is 11.9 Å². The van der Waals surface area contributed by atoms with Gasteiger partial charge in [-0.2, -0.15) is 5.10 Å². The smallest absolute Gasteiger partial charge is 0.208 e. The lowest BCUT2D eigenvalue weighted by molar-refractivity contribution is 0.751. The van der Waals surface area contributed by atoms with E-state index in [1.165, 1.54) is 0 Å². The second kappa shape index (κ2) is 4.38. The Balaban J connectivity index is 2.32. The van der Waals surface area contributed by atoms with E-state index in [1.807, 2.05) is 37.0 Å². The van der Waals surface area contributed by atoms with Crippen LogP contribution in [0.4, 0.5) is 5.95 Å². The summed E-state index contributed by atoms with van der Waals surface area (Å²) in [6.07, 6.45) is 4.99. The molecule has 0 saturated carbocycles. The molecule has 0 spiro atoms. The normalized spacial score (nSPS) is 10.7. The summed E-state index contributed by atoms with van der Waals surface area (Å²) in [5.74, 6) is 1.75. The van der Waals surface area contributed by atoms with Gasteiger partial charge in [0.2, 0.25) is 5.95 Å². The van der Waals surface area contributed by atoms with Gasteiger partial charge in [0, 0.05) is 32.1 Å². The minimum atomic E-state index is 0.859. The summed E-state index contributed by atoms with van der Waals surface area (Å²) in [5, 5.41) is 7.66. The van der Waals surface area contributed by atoms with E-state index < -0.39 is 0 Å². The minimum absolute atomic E-state index is 0.859.